The summed E-state index contributed by atoms with van der Waals surface area (Å²) >= 11 is 18.8. The van der Waals surface area contributed by atoms with E-state index in [4.69, 9.17) is 49.7 Å². The minimum atomic E-state index is 0. The molecule has 0 aromatic carbocycles. The van der Waals surface area contributed by atoms with E-state index in [0.29, 0.717) is 8.64 Å². The van der Waals surface area contributed by atoms with Crippen molar-refractivity contribution in [3.8, 4) is 0 Å². The van der Waals surface area contributed by atoms with Crippen molar-refractivity contribution in [2.45, 2.75) is 78.1 Å². The van der Waals surface area contributed by atoms with Crippen LogP contribution in [0.1, 0.15) is 78.1 Å². The fourth-order valence-electron chi connectivity index (χ4n) is 1.84. The fraction of sp³-hybridized carbons (Fsp3) is 0.875. The van der Waals surface area contributed by atoms with Crippen LogP contribution in [0.3, 0.4) is 0 Å². The van der Waals surface area contributed by atoms with Crippen molar-refractivity contribution in [2.24, 2.45) is 0 Å². The van der Waals surface area contributed by atoms with Gasteiger partial charge in [0.2, 0.25) is 0 Å². The van der Waals surface area contributed by atoms with Crippen molar-refractivity contribution < 1.29 is 19.5 Å². The summed E-state index contributed by atoms with van der Waals surface area (Å²) in [6, 6.07) is 0. The Morgan fingerprint density at radius 3 is 1.22 bits per heavy atom. The maximum atomic E-state index is 4.70. The monoisotopic (exact) mass is 444 g/mol. The molecule has 0 unspecified atom stereocenters. The molecule has 0 amide bonds. The van der Waals surface area contributed by atoms with E-state index in [1.54, 1.807) is 0 Å². The van der Waals surface area contributed by atoms with Crippen LogP contribution in [0.25, 0.3) is 0 Å². The molecule has 0 aliphatic heterocycles. The summed E-state index contributed by atoms with van der Waals surface area (Å²) in [7, 11) is 0. The van der Waals surface area contributed by atoms with Gasteiger partial charge < -0.3 is 60.3 Å². The Bertz CT molecular complexity index is 240. The van der Waals surface area contributed by atoms with Gasteiger partial charge in [-0.15, -0.1) is 0 Å². The van der Waals surface area contributed by atoms with E-state index in [2.05, 4.69) is 24.5 Å². The molecule has 0 saturated carbocycles. The van der Waals surface area contributed by atoms with Gasteiger partial charge in [0, 0.05) is 13.1 Å². The van der Waals surface area contributed by atoms with Crippen molar-refractivity contribution in [1.29, 1.82) is 0 Å². The number of nitrogens with one attached hydrogen (secondary N) is 2. The first kappa shape index (κ1) is 28.6. The molecule has 0 saturated heterocycles. The van der Waals surface area contributed by atoms with Crippen LogP contribution in [0.4, 0.5) is 0 Å². The Hall–Kier alpha value is 0.843. The molecular formula is C16H32N2S4Zn. The molecule has 0 atom stereocenters. The quantitative estimate of drug-likeness (QED) is 0.194. The van der Waals surface area contributed by atoms with Crippen molar-refractivity contribution in [3.63, 3.8) is 0 Å². The summed E-state index contributed by atoms with van der Waals surface area (Å²) in [5.41, 5.74) is 0. The van der Waals surface area contributed by atoms with Crippen LogP contribution >= 0.6 is 24.4 Å². The molecule has 0 radical (unpaired) electrons. The molecule has 2 nitrogen and oxygen atoms in total. The van der Waals surface area contributed by atoms with Gasteiger partial charge >= 0.3 is 19.5 Å². The molecule has 23 heavy (non-hydrogen) atoms. The molecule has 7 heteroatoms. The van der Waals surface area contributed by atoms with Crippen LogP contribution in [0, 0.1) is 0 Å². The van der Waals surface area contributed by atoms with Crippen molar-refractivity contribution in [2.75, 3.05) is 13.1 Å². The van der Waals surface area contributed by atoms with Gasteiger partial charge in [-0.25, -0.2) is 0 Å². The van der Waals surface area contributed by atoms with Gasteiger partial charge in [-0.3, -0.25) is 0 Å². The number of hydrogen-bond acceptors (Lipinski definition) is 4. The molecule has 0 heterocycles. The van der Waals surface area contributed by atoms with Crippen LogP contribution in [-0.2, 0) is 44.7 Å². The normalized spacial score (nSPS) is 9.13. The Kier molecular flexibility index (Phi) is 31.2. The van der Waals surface area contributed by atoms with Gasteiger partial charge in [0.25, 0.3) is 0 Å². The molecule has 0 rings (SSSR count). The number of unbranched alkanes of at least 4 members (excludes halogenated alkanes) is 8. The van der Waals surface area contributed by atoms with Gasteiger partial charge in [0.15, 0.2) is 0 Å². The van der Waals surface area contributed by atoms with Crippen LogP contribution in [0.15, 0.2) is 0 Å². The average Bonchev–Trinajstić information content (AvgIpc) is 2.46. The predicted octanol–water partition coefficient (Wildman–Crippen LogP) is 4.75. The first-order valence-corrected chi connectivity index (χ1v) is 10.1. The molecule has 0 aromatic rings. The molecule has 0 fully saturated rings. The van der Waals surface area contributed by atoms with Crippen molar-refractivity contribution in [1.82, 2.24) is 10.6 Å². The fourth-order valence-corrected chi connectivity index (χ4v) is 2.25. The second kappa shape index (κ2) is 25.1. The van der Waals surface area contributed by atoms with E-state index < -0.39 is 0 Å². The first-order valence-electron chi connectivity index (χ1n) is 8.44. The zero-order valence-electron chi connectivity index (χ0n) is 14.8. The molecule has 0 aromatic heterocycles. The third kappa shape index (κ3) is 35.0. The number of hydrogen-bond donors (Lipinski definition) is 2. The SMILES string of the molecule is CCCCCCCNC(=S)[S-].CCCCCCCNC(=S)[S-].[Zn+2]. The topological polar surface area (TPSA) is 24.1 Å². The van der Waals surface area contributed by atoms with E-state index in [1.165, 1.54) is 64.2 Å². The third-order valence-electron chi connectivity index (χ3n) is 3.10. The number of rotatable bonds is 12. The Labute approximate surface area is 178 Å². The summed E-state index contributed by atoms with van der Waals surface area (Å²) in [5.74, 6) is 0. The van der Waals surface area contributed by atoms with Crippen molar-refractivity contribution >= 4 is 58.3 Å². The maximum Gasteiger partial charge on any atom is 2.00 e. The first-order chi connectivity index (χ1) is 10.5. The summed E-state index contributed by atoms with van der Waals surface area (Å²) in [6.07, 6.45) is 12.9. The summed E-state index contributed by atoms with van der Waals surface area (Å²) in [5, 5.41) is 5.94. The van der Waals surface area contributed by atoms with Crippen LogP contribution in [-0.4, -0.2) is 21.7 Å². The van der Waals surface area contributed by atoms with Crippen molar-refractivity contribution in [3.05, 3.63) is 0 Å². The van der Waals surface area contributed by atoms with Gasteiger partial charge in [0.1, 0.15) is 0 Å². The summed E-state index contributed by atoms with van der Waals surface area (Å²) < 4.78 is 1.00. The van der Waals surface area contributed by atoms with E-state index in [-0.39, 0.29) is 19.5 Å². The molecule has 2 N–H and O–H groups in total. The standard InChI is InChI=1S/2C8H17NS2.Zn/c2*1-2-3-4-5-6-7-9-8(10)11;/h2*2-7H2,1H3,(H2,9,10,11);/q;;+2/p-2. The van der Waals surface area contributed by atoms with Gasteiger partial charge in [0.05, 0.1) is 0 Å². The van der Waals surface area contributed by atoms with Crippen LogP contribution in [0.5, 0.6) is 0 Å². The van der Waals surface area contributed by atoms with E-state index in [9.17, 15) is 0 Å². The third-order valence-corrected chi connectivity index (χ3v) is 3.68. The van der Waals surface area contributed by atoms with E-state index >= 15 is 0 Å². The molecule has 132 valence electrons. The molecule has 0 aliphatic carbocycles. The van der Waals surface area contributed by atoms with Gasteiger partial charge in [-0.05, 0) is 12.8 Å². The minimum absolute atomic E-state index is 0. The van der Waals surface area contributed by atoms with Gasteiger partial charge in [-0.1, -0.05) is 73.9 Å². The average molecular weight is 446 g/mol. The van der Waals surface area contributed by atoms with Crippen LogP contribution < -0.4 is 10.6 Å². The second-order valence-electron chi connectivity index (χ2n) is 5.26. The summed E-state index contributed by atoms with van der Waals surface area (Å²) in [4.78, 5) is 0. The summed E-state index contributed by atoms with van der Waals surface area (Å²) in [6.45, 7) is 6.34. The smallest absolute Gasteiger partial charge is 0.412 e. The van der Waals surface area contributed by atoms with Gasteiger partial charge in [-0.2, -0.15) is 0 Å². The minimum Gasteiger partial charge on any atom is -0.412 e. The molecular weight excluding hydrogens is 414 g/mol. The Morgan fingerprint density at radius 1 is 0.652 bits per heavy atom. The molecule has 0 bridgehead atoms. The maximum absolute atomic E-state index is 4.70. The molecule has 0 spiro atoms. The Morgan fingerprint density at radius 2 is 0.957 bits per heavy atom. The largest absolute Gasteiger partial charge is 2.00 e. The van der Waals surface area contributed by atoms with E-state index in [0.717, 1.165) is 13.1 Å². The number of thiocarbonyl (C=S) groups is 2. The van der Waals surface area contributed by atoms with Crippen LogP contribution in [0.2, 0.25) is 0 Å². The zero-order chi connectivity index (χ0) is 17.1. The zero-order valence-corrected chi connectivity index (χ0v) is 21.1. The predicted molar refractivity (Wildman–Crippen MR) is 113 cm³/mol. The molecule has 0 aliphatic rings. The van der Waals surface area contributed by atoms with E-state index in [1.807, 2.05) is 0 Å². The second-order valence-corrected chi connectivity index (χ2v) is 7.41. The Balaban J connectivity index is -0.000000333.